The van der Waals surface area contributed by atoms with Gasteiger partial charge in [0.25, 0.3) is 0 Å². The van der Waals surface area contributed by atoms with E-state index in [1.807, 2.05) is 32.6 Å². The van der Waals surface area contributed by atoms with Crippen molar-refractivity contribution < 1.29 is 4.79 Å². The quantitative estimate of drug-likeness (QED) is 0.931. The van der Waals surface area contributed by atoms with Gasteiger partial charge in [0, 0.05) is 12.5 Å². The summed E-state index contributed by atoms with van der Waals surface area (Å²) in [5, 5.41) is 8.15. The van der Waals surface area contributed by atoms with Gasteiger partial charge in [-0.25, -0.2) is 0 Å². The van der Waals surface area contributed by atoms with Crippen molar-refractivity contribution in [1.29, 1.82) is 0 Å². The summed E-state index contributed by atoms with van der Waals surface area (Å²) in [5.41, 5.74) is 2.40. The van der Waals surface area contributed by atoms with Crippen LogP contribution in [-0.4, -0.2) is 40.2 Å². The number of fused-ring (bicyclic) bond motifs is 1. The molecule has 1 N–H and O–H groups in total. The van der Waals surface area contributed by atoms with Crippen LogP contribution < -0.4 is 5.32 Å². The van der Waals surface area contributed by atoms with Crippen LogP contribution >= 0.6 is 0 Å². The first-order valence-electron chi connectivity index (χ1n) is 9.18. The molecule has 0 aliphatic carbocycles. The average molecular weight is 320 g/mol. The summed E-state index contributed by atoms with van der Waals surface area (Å²) >= 11 is 0. The summed E-state index contributed by atoms with van der Waals surface area (Å²) < 4.78 is 2.10. The van der Waals surface area contributed by atoms with Gasteiger partial charge in [-0.1, -0.05) is 27.7 Å². The zero-order chi connectivity index (χ0) is 16.8. The first-order chi connectivity index (χ1) is 11.1. The van der Waals surface area contributed by atoms with Crippen LogP contribution in [0.4, 0.5) is 0 Å². The summed E-state index contributed by atoms with van der Waals surface area (Å²) in [5.74, 6) is 1.09. The molecule has 2 aliphatic rings. The maximum Gasteiger partial charge on any atom is 0.225 e. The van der Waals surface area contributed by atoms with Crippen molar-refractivity contribution in [2.24, 2.45) is 11.8 Å². The fourth-order valence-electron chi connectivity index (χ4n) is 3.36. The molecule has 0 radical (unpaired) electrons. The van der Waals surface area contributed by atoms with E-state index < -0.39 is 0 Å². The fraction of sp³-hybridized carbons (Fsp3) is 0.778. The fourth-order valence-corrected chi connectivity index (χ4v) is 3.36. The molecule has 1 aromatic heterocycles. The number of aromatic nitrogens is 2. The van der Waals surface area contributed by atoms with Crippen LogP contribution in [0.2, 0.25) is 0 Å². The average Bonchev–Trinajstić information content (AvgIpc) is 2.98. The minimum atomic E-state index is 0.0775. The molecule has 130 valence electrons. The number of hydrogen-bond acceptors (Lipinski definition) is 3. The predicted octanol–water partition coefficient (Wildman–Crippen LogP) is 2.45. The van der Waals surface area contributed by atoms with Crippen molar-refractivity contribution in [3.63, 3.8) is 0 Å². The third-order valence-electron chi connectivity index (χ3n) is 4.61. The molecule has 23 heavy (non-hydrogen) atoms. The SMILES string of the molecule is CC.CC(C)C(=O)N1CCn2nc(CC3CCNCC3)cc2C1. The van der Waals surface area contributed by atoms with Crippen LogP contribution in [0.25, 0.3) is 0 Å². The molecule has 1 saturated heterocycles. The molecule has 0 unspecified atom stereocenters. The molecular weight excluding hydrogens is 288 g/mol. The number of piperidine rings is 1. The number of hydrogen-bond donors (Lipinski definition) is 1. The Labute approximate surface area is 140 Å². The number of nitrogens with one attached hydrogen (secondary N) is 1. The Kier molecular flexibility index (Phi) is 6.63. The number of nitrogens with zero attached hydrogens (tertiary/aromatic N) is 3. The number of amides is 1. The molecule has 2 aliphatic heterocycles. The molecule has 0 spiro atoms. The Morgan fingerprint density at radius 1 is 1.30 bits per heavy atom. The van der Waals surface area contributed by atoms with E-state index in [1.165, 1.54) is 24.2 Å². The highest BCUT2D eigenvalue weighted by Crippen LogP contribution is 2.21. The molecule has 5 heteroatoms. The van der Waals surface area contributed by atoms with Gasteiger partial charge in [0.1, 0.15) is 0 Å². The topological polar surface area (TPSA) is 50.2 Å². The van der Waals surface area contributed by atoms with Gasteiger partial charge < -0.3 is 10.2 Å². The van der Waals surface area contributed by atoms with Crippen LogP contribution in [0.3, 0.4) is 0 Å². The Hall–Kier alpha value is -1.36. The molecular formula is C18H32N4O. The second-order valence-corrected chi connectivity index (χ2v) is 6.66. The van der Waals surface area contributed by atoms with Crippen molar-refractivity contribution in [1.82, 2.24) is 20.0 Å². The standard InChI is InChI=1S/C16H26N4O.C2H6/c1-12(2)16(21)19-7-8-20-15(11-19)10-14(18-20)9-13-3-5-17-6-4-13;1-2/h10,12-13,17H,3-9,11H2,1-2H3;1-2H3. The van der Waals surface area contributed by atoms with E-state index in [-0.39, 0.29) is 11.8 Å². The van der Waals surface area contributed by atoms with E-state index in [1.54, 1.807) is 0 Å². The third-order valence-corrected chi connectivity index (χ3v) is 4.61. The molecule has 0 bridgehead atoms. The van der Waals surface area contributed by atoms with E-state index in [0.29, 0.717) is 0 Å². The lowest BCUT2D eigenvalue weighted by molar-refractivity contribution is -0.136. The van der Waals surface area contributed by atoms with Crippen molar-refractivity contribution >= 4 is 5.91 Å². The first-order valence-corrected chi connectivity index (χ1v) is 9.18. The highest BCUT2D eigenvalue weighted by Gasteiger charge is 2.24. The van der Waals surface area contributed by atoms with Crippen LogP contribution in [0.15, 0.2) is 6.07 Å². The zero-order valence-electron chi connectivity index (χ0n) is 15.1. The Bertz CT molecular complexity index is 503. The van der Waals surface area contributed by atoms with Gasteiger partial charge in [0.2, 0.25) is 5.91 Å². The van der Waals surface area contributed by atoms with Gasteiger partial charge in [0.15, 0.2) is 0 Å². The Balaban J connectivity index is 0.000000924. The van der Waals surface area contributed by atoms with Crippen molar-refractivity contribution in [3.8, 4) is 0 Å². The molecule has 0 atom stereocenters. The molecule has 3 heterocycles. The lowest BCUT2D eigenvalue weighted by Gasteiger charge is -2.29. The second-order valence-electron chi connectivity index (χ2n) is 6.66. The maximum atomic E-state index is 12.1. The van der Waals surface area contributed by atoms with Crippen LogP contribution in [-0.2, 0) is 24.3 Å². The summed E-state index contributed by atoms with van der Waals surface area (Å²) in [4.78, 5) is 14.1. The molecule has 0 saturated carbocycles. The van der Waals surface area contributed by atoms with E-state index in [9.17, 15) is 4.79 Å². The molecule has 3 rings (SSSR count). The van der Waals surface area contributed by atoms with Crippen molar-refractivity contribution in [2.45, 2.75) is 60.0 Å². The lowest BCUT2D eigenvalue weighted by Crippen LogP contribution is -2.40. The van der Waals surface area contributed by atoms with Crippen LogP contribution in [0.1, 0.15) is 51.9 Å². The van der Waals surface area contributed by atoms with Crippen LogP contribution in [0.5, 0.6) is 0 Å². The summed E-state index contributed by atoms with van der Waals surface area (Å²) in [7, 11) is 0. The third kappa shape index (κ3) is 4.56. The number of carbonyl (C=O) groups excluding carboxylic acids is 1. The summed E-state index contributed by atoms with van der Waals surface area (Å²) in [6, 6.07) is 2.21. The minimum absolute atomic E-state index is 0.0775. The van der Waals surface area contributed by atoms with Crippen molar-refractivity contribution in [2.75, 3.05) is 19.6 Å². The Morgan fingerprint density at radius 3 is 2.65 bits per heavy atom. The van der Waals surface area contributed by atoms with Crippen LogP contribution in [0, 0.1) is 11.8 Å². The van der Waals surface area contributed by atoms with E-state index in [0.717, 1.165) is 45.1 Å². The summed E-state index contributed by atoms with van der Waals surface area (Å²) in [6.45, 7) is 12.5. The molecule has 5 nitrogen and oxygen atoms in total. The summed E-state index contributed by atoms with van der Waals surface area (Å²) in [6.07, 6.45) is 3.58. The highest BCUT2D eigenvalue weighted by atomic mass is 16.2. The van der Waals surface area contributed by atoms with Gasteiger partial charge in [0.05, 0.1) is 24.5 Å². The monoisotopic (exact) mass is 320 g/mol. The molecule has 1 amide bonds. The first kappa shape index (κ1) is 18.0. The lowest BCUT2D eigenvalue weighted by atomic mass is 9.93. The number of carbonyl (C=O) groups is 1. The minimum Gasteiger partial charge on any atom is -0.335 e. The predicted molar refractivity (Wildman–Crippen MR) is 93.1 cm³/mol. The van der Waals surface area contributed by atoms with Gasteiger partial charge in [-0.3, -0.25) is 9.48 Å². The molecule has 0 aromatic carbocycles. The van der Waals surface area contributed by atoms with E-state index >= 15 is 0 Å². The van der Waals surface area contributed by atoms with E-state index in [4.69, 9.17) is 5.10 Å². The maximum absolute atomic E-state index is 12.1. The van der Waals surface area contributed by atoms with E-state index in [2.05, 4.69) is 16.1 Å². The smallest absolute Gasteiger partial charge is 0.225 e. The van der Waals surface area contributed by atoms with Gasteiger partial charge in [-0.05, 0) is 44.3 Å². The zero-order valence-corrected chi connectivity index (χ0v) is 15.1. The molecule has 1 aromatic rings. The number of rotatable bonds is 3. The van der Waals surface area contributed by atoms with Gasteiger partial charge in [-0.2, -0.15) is 5.10 Å². The Morgan fingerprint density at radius 2 is 2.00 bits per heavy atom. The highest BCUT2D eigenvalue weighted by molar-refractivity contribution is 5.78. The largest absolute Gasteiger partial charge is 0.335 e. The van der Waals surface area contributed by atoms with Gasteiger partial charge in [-0.15, -0.1) is 0 Å². The van der Waals surface area contributed by atoms with Crippen molar-refractivity contribution in [3.05, 3.63) is 17.5 Å². The normalized spacial score (nSPS) is 18.4. The van der Waals surface area contributed by atoms with Gasteiger partial charge >= 0.3 is 0 Å². The second kappa shape index (κ2) is 8.48. The molecule has 1 fully saturated rings.